The number of hydrogen-bond donors (Lipinski definition) is 1. The molecule has 2 rings (SSSR count). The molecule has 1 saturated heterocycles. The Hall–Kier alpha value is -1.43. The number of carbonyl (C=O) groups is 1. The van der Waals surface area contributed by atoms with Crippen molar-refractivity contribution < 1.29 is 4.79 Å². The molecule has 1 aliphatic heterocycles. The minimum Gasteiger partial charge on any atom is -0.334 e. The van der Waals surface area contributed by atoms with Crippen molar-refractivity contribution in [2.24, 2.45) is 7.05 Å². The molecule has 6 heteroatoms. The third-order valence-electron chi connectivity index (χ3n) is 2.89. The molecule has 1 N–H and O–H groups in total. The largest absolute Gasteiger partial charge is 0.334 e. The van der Waals surface area contributed by atoms with Crippen LogP contribution in [0.5, 0.6) is 0 Å². The van der Waals surface area contributed by atoms with Crippen LogP contribution in [0.1, 0.15) is 19.2 Å². The highest BCUT2D eigenvalue weighted by molar-refractivity contribution is 5.83. The third-order valence-corrected chi connectivity index (χ3v) is 2.89. The number of nitrogens with zero attached hydrogens (tertiary/aromatic N) is 4. The minimum absolute atomic E-state index is 0.0155. The standard InChI is InChI=1S/C10H17N5O/c1-3-11-8-4-5-15(10(8)16)6-9-13-12-7-14(9)2/h7-8,11H,3-6H2,1-2H3. The molecule has 6 nitrogen and oxygen atoms in total. The number of likely N-dealkylation sites (N-methyl/N-ethyl adjacent to an activating group) is 1. The molecule has 0 aromatic carbocycles. The van der Waals surface area contributed by atoms with E-state index >= 15 is 0 Å². The Kier molecular flexibility index (Phi) is 3.19. The molecule has 0 radical (unpaired) electrons. The van der Waals surface area contributed by atoms with Gasteiger partial charge < -0.3 is 14.8 Å². The summed E-state index contributed by atoms with van der Waals surface area (Å²) >= 11 is 0. The number of hydrogen-bond acceptors (Lipinski definition) is 4. The average Bonchev–Trinajstić information content (AvgIpc) is 2.80. The van der Waals surface area contributed by atoms with Crippen molar-refractivity contribution >= 4 is 5.91 Å². The molecule has 1 atom stereocenters. The molecule has 16 heavy (non-hydrogen) atoms. The van der Waals surface area contributed by atoms with Gasteiger partial charge in [0.25, 0.3) is 0 Å². The first-order valence-corrected chi connectivity index (χ1v) is 5.57. The van der Waals surface area contributed by atoms with Crippen LogP contribution in [-0.2, 0) is 18.4 Å². The Labute approximate surface area is 94.6 Å². The summed E-state index contributed by atoms with van der Waals surface area (Å²) in [5.74, 6) is 0.996. The van der Waals surface area contributed by atoms with Crippen molar-refractivity contribution in [2.75, 3.05) is 13.1 Å². The number of carbonyl (C=O) groups excluding carboxylic acids is 1. The maximum atomic E-state index is 11.9. The zero-order valence-electron chi connectivity index (χ0n) is 9.68. The molecule has 0 spiro atoms. The maximum absolute atomic E-state index is 11.9. The zero-order valence-corrected chi connectivity index (χ0v) is 9.68. The van der Waals surface area contributed by atoms with Crippen LogP contribution in [0, 0.1) is 0 Å². The van der Waals surface area contributed by atoms with Crippen LogP contribution in [0.3, 0.4) is 0 Å². The van der Waals surface area contributed by atoms with E-state index in [0.717, 1.165) is 25.3 Å². The van der Waals surface area contributed by atoms with Crippen molar-refractivity contribution in [1.82, 2.24) is 25.0 Å². The fourth-order valence-corrected chi connectivity index (χ4v) is 1.95. The van der Waals surface area contributed by atoms with E-state index < -0.39 is 0 Å². The van der Waals surface area contributed by atoms with Gasteiger partial charge in [-0.2, -0.15) is 0 Å². The number of rotatable bonds is 4. The molecule has 1 amide bonds. The molecule has 2 heterocycles. The van der Waals surface area contributed by atoms with Crippen molar-refractivity contribution in [3.63, 3.8) is 0 Å². The van der Waals surface area contributed by atoms with E-state index in [9.17, 15) is 4.79 Å². The molecule has 1 unspecified atom stereocenters. The summed E-state index contributed by atoms with van der Waals surface area (Å²) < 4.78 is 1.84. The lowest BCUT2D eigenvalue weighted by molar-refractivity contribution is -0.130. The predicted octanol–water partition coefficient (Wildman–Crippen LogP) is -0.474. The Morgan fingerprint density at radius 2 is 2.44 bits per heavy atom. The molecule has 0 aliphatic carbocycles. The second kappa shape index (κ2) is 4.61. The van der Waals surface area contributed by atoms with Crippen molar-refractivity contribution in [3.05, 3.63) is 12.2 Å². The van der Waals surface area contributed by atoms with Crippen LogP contribution in [0.15, 0.2) is 6.33 Å². The maximum Gasteiger partial charge on any atom is 0.240 e. The number of aromatic nitrogens is 3. The van der Waals surface area contributed by atoms with Gasteiger partial charge in [-0.3, -0.25) is 4.79 Å². The summed E-state index contributed by atoms with van der Waals surface area (Å²) in [6.07, 6.45) is 2.53. The van der Waals surface area contributed by atoms with Crippen LogP contribution >= 0.6 is 0 Å². The van der Waals surface area contributed by atoms with Crippen LogP contribution in [0.25, 0.3) is 0 Å². The molecular weight excluding hydrogens is 206 g/mol. The fourth-order valence-electron chi connectivity index (χ4n) is 1.95. The number of nitrogens with one attached hydrogen (secondary N) is 1. The van der Waals surface area contributed by atoms with E-state index in [4.69, 9.17) is 0 Å². The van der Waals surface area contributed by atoms with E-state index in [1.165, 1.54) is 0 Å². The average molecular weight is 223 g/mol. The third kappa shape index (κ3) is 2.06. The highest BCUT2D eigenvalue weighted by Gasteiger charge is 2.31. The fraction of sp³-hybridized carbons (Fsp3) is 0.700. The Balaban J connectivity index is 1.97. The zero-order chi connectivity index (χ0) is 11.5. The summed E-state index contributed by atoms with van der Waals surface area (Å²) in [4.78, 5) is 13.8. The summed E-state index contributed by atoms with van der Waals surface area (Å²) in [6, 6.07) is -0.0155. The molecule has 1 aliphatic rings. The first-order chi connectivity index (χ1) is 7.72. The SMILES string of the molecule is CCNC1CCN(Cc2nncn2C)C1=O. The Morgan fingerprint density at radius 3 is 3.06 bits per heavy atom. The topological polar surface area (TPSA) is 63.0 Å². The van der Waals surface area contributed by atoms with E-state index in [1.54, 1.807) is 6.33 Å². The Morgan fingerprint density at radius 1 is 1.62 bits per heavy atom. The first-order valence-electron chi connectivity index (χ1n) is 5.57. The quantitative estimate of drug-likeness (QED) is 0.749. The highest BCUT2D eigenvalue weighted by atomic mass is 16.2. The van der Waals surface area contributed by atoms with Crippen LogP contribution in [0.2, 0.25) is 0 Å². The summed E-state index contributed by atoms with van der Waals surface area (Å²) in [6.45, 7) is 4.19. The van der Waals surface area contributed by atoms with Gasteiger partial charge in [-0.1, -0.05) is 6.92 Å². The molecule has 1 aromatic heterocycles. The van der Waals surface area contributed by atoms with Gasteiger partial charge in [-0.05, 0) is 13.0 Å². The van der Waals surface area contributed by atoms with Crippen LogP contribution in [-0.4, -0.2) is 44.7 Å². The lowest BCUT2D eigenvalue weighted by Gasteiger charge is -2.15. The predicted molar refractivity (Wildman–Crippen MR) is 58.5 cm³/mol. The molecule has 0 bridgehead atoms. The lowest BCUT2D eigenvalue weighted by atomic mass is 10.2. The van der Waals surface area contributed by atoms with E-state index in [0.29, 0.717) is 6.54 Å². The summed E-state index contributed by atoms with van der Waals surface area (Å²) in [5.41, 5.74) is 0. The molecule has 88 valence electrons. The second-order valence-electron chi connectivity index (χ2n) is 4.02. The number of amides is 1. The highest BCUT2D eigenvalue weighted by Crippen LogP contribution is 2.13. The Bertz CT molecular complexity index is 375. The van der Waals surface area contributed by atoms with Crippen molar-refractivity contribution in [3.8, 4) is 0 Å². The van der Waals surface area contributed by atoms with Crippen molar-refractivity contribution in [1.29, 1.82) is 0 Å². The number of aryl methyl sites for hydroxylation is 1. The first kappa shape index (κ1) is 11.1. The van der Waals surface area contributed by atoms with Gasteiger partial charge in [-0.15, -0.1) is 10.2 Å². The van der Waals surface area contributed by atoms with Gasteiger partial charge in [0.2, 0.25) is 5.91 Å². The van der Waals surface area contributed by atoms with E-state index in [1.807, 2.05) is 23.4 Å². The lowest BCUT2D eigenvalue weighted by Crippen LogP contribution is -2.38. The number of likely N-dealkylation sites (tertiary alicyclic amines) is 1. The van der Waals surface area contributed by atoms with Gasteiger partial charge in [0, 0.05) is 13.6 Å². The van der Waals surface area contributed by atoms with Crippen LogP contribution < -0.4 is 5.32 Å². The van der Waals surface area contributed by atoms with Gasteiger partial charge in [-0.25, -0.2) is 0 Å². The van der Waals surface area contributed by atoms with Gasteiger partial charge >= 0.3 is 0 Å². The monoisotopic (exact) mass is 223 g/mol. The smallest absolute Gasteiger partial charge is 0.240 e. The minimum atomic E-state index is -0.0155. The molecular formula is C10H17N5O. The van der Waals surface area contributed by atoms with Gasteiger partial charge in [0.15, 0.2) is 5.82 Å². The summed E-state index contributed by atoms with van der Waals surface area (Å²) in [5, 5.41) is 11.0. The van der Waals surface area contributed by atoms with Gasteiger partial charge in [0.1, 0.15) is 6.33 Å². The second-order valence-corrected chi connectivity index (χ2v) is 4.02. The van der Waals surface area contributed by atoms with Crippen LogP contribution in [0.4, 0.5) is 0 Å². The van der Waals surface area contributed by atoms with E-state index in [-0.39, 0.29) is 11.9 Å². The summed E-state index contributed by atoms with van der Waals surface area (Å²) in [7, 11) is 1.89. The molecule has 1 fully saturated rings. The van der Waals surface area contributed by atoms with Crippen molar-refractivity contribution in [2.45, 2.75) is 25.9 Å². The molecule has 0 saturated carbocycles. The van der Waals surface area contributed by atoms with E-state index in [2.05, 4.69) is 15.5 Å². The molecule has 1 aromatic rings. The van der Waals surface area contributed by atoms with Gasteiger partial charge in [0.05, 0.1) is 12.6 Å². The normalized spacial score (nSPS) is 20.8.